The van der Waals surface area contributed by atoms with Crippen molar-refractivity contribution in [2.45, 2.75) is 230 Å². The van der Waals surface area contributed by atoms with Gasteiger partial charge in [-0.25, -0.2) is 0 Å². The Hall–Kier alpha value is -3.40. The average Bonchev–Trinajstić information content (AvgIpc) is 3.88. The Morgan fingerprint density at radius 2 is 0.970 bits per heavy atom. The number of benzene rings is 2. The van der Waals surface area contributed by atoms with Crippen LogP contribution in [0.25, 0.3) is 5.57 Å². The van der Waals surface area contributed by atoms with E-state index in [1.165, 1.54) is 48.1 Å². The molecule has 2 aromatic carbocycles. The van der Waals surface area contributed by atoms with Gasteiger partial charge in [0, 0.05) is 36.9 Å². The molecule has 4 heteroatoms. The Labute approximate surface area is 413 Å². The number of nitrogens with one attached hydrogen (secondary N) is 1. The maximum Gasteiger partial charge on any atom is 0.130 e. The van der Waals surface area contributed by atoms with Crippen LogP contribution in [0.5, 0.6) is 0 Å². The third kappa shape index (κ3) is 58.6. The van der Waals surface area contributed by atoms with Gasteiger partial charge in [0.05, 0.1) is 0 Å². The summed E-state index contributed by atoms with van der Waals surface area (Å²) in [5.74, 6) is 6.41. The van der Waals surface area contributed by atoms with Gasteiger partial charge in [-0.1, -0.05) is 218 Å². The number of nitrogens with zero attached hydrogens (tertiary/aromatic N) is 1. The highest BCUT2D eigenvalue weighted by molar-refractivity contribution is 5.78. The van der Waals surface area contributed by atoms with Crippen LogP contribution in [0.4, 0.5) is 0 Å². The van der Waals surface area contributed by atoms with E-state index < -0.39 is 0 Å². The molecule has 1 heterocycles. The molecule has 0 unspecified atom stereocenters. The first-order chi connectivity index (χ1) is 30.8. The molecule has 1 N–H and O–H groups in total. The van der Waals surface area contributed by atoms with E-state index in [1.807, 2.05) is 54.7 Å². The van der Waals surface area contributed by atoms with E-state index in [4.69, 9.17) is 5.41 Å². The SMILES string of the molecule is CC.CC(=N)CCC(C)C.CC(=O)CC(C)C.CC(=O)CC(C)C.CC(C)CC1=CCC=N1.CC(C)CC1=CCc2ccccc21.CC(C)Cc1ccccc1.CCC(C)C.CCC(C)C. The van der Waals surface area contributed by atoms with E-state index in [-0.39, 0.29) is 11.6 Å². The molecule has 1 aliphatic heterocycles. The minimum Gasteiger partial charge on any atom is -0.310 e. The molecule has 2 aromatic rings. The van der Waals surface area contributed by atoms with Crippen molar-refractivity contribution in [3.63, 3.8) is 0 Å². The standard InChI is InChI=1S/C13H16.C10H14.C8H13N.C7H15N.2C6H12O.2C5H12.C2H6/c1-10(2)9-12-8-7-11-5-3-4-6-13(11)12;1-9(2)8-10-6-4-3-5-7-10;1-7(2)6-8-4-3-5-9-8;1-6(2)4-5-7(3)8;2*1-5(2)4-6(3)7;2*1-4-5(2)3;1-2/h3-6,8,10H,7,9H2,1-2H3;3-7,9H,8H2,1-2H3;4-5,7H,3,6H2,1-2H3;6,8H,4-5H2,1-3H3;2*5H,4H2,1-3H3;2*5H,4H2,1-3H3;1-2H3. The number of ketones is 2. The van der Waals surface area contributed by atoms with Gasteiger partial charge >= 0.3 is 0 Å². The zero-order valence-electron chi connectivity index (χ0n) is 48.1. The van der Waals surface area contributed by atoms with Crippen molar-refractivity contribution < 1.29 is 9.59 Å². The molecule has 0 saturated heterocycles. The van der Waals surface area contributed by atoms with Gasteiger partial charge in [0.2, 0.25) is 0 Å². The smallest absolute Gasteiger partial charge is 0.130 e. The van der Waals surface area contributed by atoms with Crippen molar-refractivity contribution in [2.24, 2.45) is 52.3 Å². The van der Waals surface area contributed by atoms with Crippen LogP contribution in [0.15, 0.2) is 77.4 Å². The quantitative estimate of drug-likeness (QED) is 0.181. The number of Topliss-reactive ketones (excluding diaryl/α,β-unsaturated/α-hetero) is 2. The van der Waals surface area contributed by atoms with Crippen molar-refractivity contribution in [3.05, 3.63) is 89.1 Å². The van der Waals surface area contributed by atoms with Crippen LogP contribution >= 0.6 is 0 Å². The molecule has 0 aromatic heterocycles. The number of allylic oxidation sites excluding steroid dienone is 4. The molecule has 4 rings (SSSR count). The highest BCUT2D eigenvalue weighted by atomic mass is 16.1. The molecule has 0 saturated carbocycles. The van der Waals surface area contributed by atoms with Crippen molar-refractivity contribution in [1.82, 2.24) is 0 Å². The third-order valence-corrected chi connectivity index (χ3v) is 9.50. The predicted octanol–water partition coefficient (Wildman–Crippen LogP) is 19.8. The second kappa shape index (κ2) is 48.1. The molecule has 0 amide bonds. The first-order valence-corrected chi connectivity index (χ1v) is 26.3. The monoisotopic (exact) mass is 917 g/mol. The summed E-state index contributed by atoms with van der Waals surface area (Å²) in [6, 6.07) is 19.4. The van der Waals surface area contributed by atoms with Crippen LogP contribution in [-0.4, -0.2) is 23.5 Å². The Morgan fingerprint density at radius 1 is 0.545 bits per heavy atom. The van der Waals surface area contributed by atoms with Gasteiger partial charge in [0.25, 0.3) is 0 Å². The summed E-state index contributed by atoms with van der Waals surface area (Å²) in [4.78, 5) is 24.7. The first-order valence-electron chi connectivity index (χ1n) is 26.3. The fourth-order valence-electron chi connectivity index (χ4n) is 5.69. The van der Waals surface area contributed by atoms with Gasteiger partial charge < -0.3 is 15.0 Å². The maximum absolute atomic E-state index is 10.3. The Bertz CT molecular complexity index is 1480. The summed E-state index contributed by atoms with van der Waals surface area (Å²) in [6.45, 7) is 48.4. The zero-order chi connectivity index (χ0) is 52.2. The van der Waals surface area contributed by atoms with Gasteiger partial charge in [-0.3, -0.25) is 4.99 Å². The molecular formula is C62H112N2O2. The highest BCUT2D eigenvalue weighted by Gasteiger charge is 2.13. The lowest BCUT2D eigenvalue weighted by molar-refractivity contribution is -0.118. The Balaban J connectivity index is -0.000000218. The molecule has 0 spiro atoms. The van der Waals surface area contributed by atoms with Gasteiger partial charge in [0.1, 0.15) is 11.6 Å². The third-order valence-electron chi connectivity index (χ3n) is 9.50. The molecule has 0 fully saturated rings. The van der Waals surface area contributed by atoms with Gasteiger partial charge in [0.15, 0.2) is 0 Å². The molecule has 0 atom stereocenters. The highest BCUT2D eigenvalue weighted by Crippen LogP contribution is 2.31. The molecule has 66 heavy (non-hydrogen) atoms. The molecule has 0 radical (unpaired) electrons. The van der Waals surface area contributed by atoms with Crippen molar-refractivity contribution >= 4 is 29.1 Å². The molecule has 1 aliphatic carbocycles. The van der Waals surface area contributed by atoms with E-state index in [0.29, 0.717) is 11.8 Å². The number of hydrogen-bond acceptors (Lipinski definition) is 4. The minimum atomic E-state index is 0.287. The molecule has 382 valence electrons. The average molecular weight is 918 g/mol. The van der Waals surface area contributed by atoms with Crippen molar-refractivity contribution in [2.75, 3.05) is 0 Å². The van der Waals surface area contributed by atoms with Crippen LogP contribution < -0.4 is 0 Å². The van der Waals surface area contributed by atoms with Crippen LogP contribution in [0.1, 0.15) is 234 Å². The van der Waals surface area contributed by atoms with Crippen molar-refractivity contribution in [1.29, 1.82) is 5.41 Å². The fraction of sp³-hybridized carbons (Fsp3) is 0.677. The number of fused-ring (bicyclic) bond motifs is 1. The minimum absolute atomic E-state index is 0.287. The number of hydrogen-bond donors (Lipinski definition) is 1. The predicted molar refractivity (Wildman–Crippen MR) is 303 cm³/mol. The second-order valence-corrected chi connectivity index (χ2v) is 21.0. The topological polar surface area (TPSA) is 70.3 Å². The van der Waals surface area contributed by atoms with Crippen LogP contribution in [0.2, 0.25) is 0 Å². The fourth-order valence-corrected chi connectivity index (χ4v) is 5.69. The van der Waals surface area contributed by atoms with E-state index in [0.717, 1.165) is 86.2 Å². The molecule has 0 bridgehead atoms. The van der Waals surface area contributed by atoms with Gasteiger partial charge in [-0.15, -0.1) is 0 Å². The first kappa shape index (κ1) is 71.6. The Kier molecular flexibility index (Phi) is 52.1. The normalized spacial score (nSPS) is 11.6. The lowest BCUT2D eigenvalue weighted by Gasteiger charge is -2.07. The second-order valence-electron chi connectivity index (χ2n) is 21.0. The van der Waals surface area contributed by atoms with Gasteiger partial charge in [-0.05, 0) is 129 Å². The molecular weight excluding hydrogens is 805 g/mol. The number of carbonyl (C=O) groups excluding carboxylic acids is 2. The maximum atomic E-state index is 10.3. The zero-order valence-corrected chi connectivity index (χ0v) is 48.1. The van der Waals surface area contributed by atoms with Crippen LogP contribution in [0, 0.1) is 52.8 Å². The summed E-state index contributed by atoms with van der Waals surface area (Å²) in [6.07, 6.45) is 18.5. The summed E-state index contributed by atoms with van der Waals surface area (Å²) >= 11 is 0. The summed E-state index contributed by atoms with van der Waals surface area (Å²) in [7, 11) is 0. The van der Waals surface area contributed by atoms with E-state index in [2.05, 4.69) is 169 Å². The lowest BCUT2D eigenvalue weighted by atomic mass is 9.98. The van der Waals surface area contributed by atoms with Gasteiger partial charge in [-0.2, -0.15) is 0 Å². The van der Waals surface area contributed by atoms with Crippen LogP contribution in [0.3, 0.4) is 0 Å². The molecule has 4 nitrogen and oxygen atoms in total. The lowest BCUT2D eigenvalue weighted by Crippen LogP contribution is -1.95. The van der Waals surface area contributed by atoms with E-state index in [9.17, 15) is 9.59 Å². The van der Waals surface area contributed by atoms with Crippen LogP contribution in [-0.2, 0) is 22.4 Å². The largest absolute Gasteiger partial charge is 0.310 e. The Morgan fingerprint density at radius 3 is 1.27 bits per heavy atom. The summed E-state index contributed by atoms with van der Waals surface area (Å²) in [5.41, 5.74) is 8.04. The van der Waals surface area contributed by atoms with Crippen molar-refractivity contribution in [3.8, 4) is 0 Å². The molecule has 2 aliphatic rings. The number of aliphatic imine (C=N–C) groups is 1. The number of carbonyl (C=O) groups is 2. The van der Waals surface area contributed by atoms with E-state index >= 15 is 0 Å². The number of rotatable bonds is 15. The summed E-state index contributed by atoms with van der Waals surface area (Å²) in [5, 5.41) is 7.09. The van der Waals surface area contributed by atoms with E-state index in [1.54, 1.807) is 19.4 Å². The summed E-state index contributed by atoms with van der Waals surface area (Å²) < 4.78 is 0.